The number of esters is 1. The maximum Gasteiger partial charge on any atom is 0.345 e. The standard InChI is InChI=1S/C14H9Cl2NO3/c15-10-3-6-12(13(16)7-10)14(18)20-11-4-1-9(2-5-11)8-17-19/h1-8,19H/b17-8-. The van der Waals surface area contributed by atoms with Gasteiger partial charge < -0.3 is 9.94 Å². The van der Waals surface area contributed by atoms with Crippen molar-refractivity contribution < 1.29 is 14.7 Å². The summed E-state index contributed by atoms with van der Waals surface area (Å²) in [6.45, 7) is 0. The van der Waals surface area contributed by atoms with Crippen molar-refractivity contribution in [3.8, 4) is 5.75 Å². The molecule has 0 amide bonds. The molecule has 0 atom stereocenters. The number of oxime groups is 1. The molecule has 102 valence electrons. The van der Waals surface area contributed by atoms with Crippen LogP contribution in [0.1, 0.15) is 15.9 Å². The smallest absolute Gasteiger partial charge is 0.345 e. The predicted octanol–water partition coefficient (Wildman–Crippen LogP) is 4.02. The Kier molecular flexibility index (Phi) is 4.61. The highest BCUT2D eigenvalue weighted by atomic mass is 35.5. The van der Waals surface area contributed by atoms with Crippen LogP contribution in [0.5, 0.6) is 5.75 Å². The van der Waals surface area contributed by atoms with Crippen LogP contribution < -0.4 is 4.74 Å². The van der Waals surface area contributed by atoms with Crippen LogP contribution in [0.3, 0.4) is 0 Å². The number of benzene rings is 2. The van der Waals surface area contributed by atoms with Crippen LogP contribution in [0.4, 0.5) is 0 Å². The Morgan fingerprint density at radius 2 is 1.85 bits per heavy atom. The van der Waals surface area contributed by atoms with Crippen molar-refractivity contribution in [2.45, 2.75) is 0 Å². The van der Waals surface area contributed by atoms with E-state index < -0.39 is 5.97 Å². The zero-order valence-electron chi connectivity index (χ0n) is 10.1. The molecular weight excluding hydrogens is 301 g/mol. The van der Waals surface area contributed by atoms with E-state index in [2.05, 4.69) is 5.16 Å². The second kappa shape index (κ2) is 6.41. The van der Waals surface area contributed by atoms with Gasteiger partial charge in [0.05, 0.1) is 16.8 Å². The van der Waals surface area contributed by atoms with Gasteiger partial charge in [-0.15, -0.1) is 0 Å². The van der Waals surface area contributed by atoms with Crippen LogP contribution in [0.15, 0.2) is 47.6 Å². The highest BCUT2D eigenvalue weighted by Gasteiger charge is 2.13. The van der Waals surface area contributed by atoms with E-state index in [9.17, 15) is 4.79 Å². The number of carbonyl (C=O) groups excluding carboxylic acids is 1. The van der Waals surface area contributed by atoms with Crippen LogP contribution in [0, 0.1) is 0 Å². The van der Waals surface area contributed by atoms with E-state index in [0.717, 1.165) is 0 Å². The first-order valence-electron chi connectivity index (χ1n) is 5.55. The molecule has 0 aliphatic rings. The van der Waals surface area contributed by atoms with Gasteiger partial charge in [0.2, 0.25) is 0 Å². The minimum Gasteiger partial charge on any atom is -0.423 e. The van der Waals surface area contributed by atoms with E-state index in [4.69, 9.17) is 33.1 Å². The molecule has 1 N–H and O–H groups in total. The van der Waals surface area contributed by atoms with Gasteiger partial charge in [-0.25, -0.2) is 4.79 Å². The molecule has 0 fully saturated rings. The lowest BCUT2D eigenvalue weighted by molar-refractivity contribution is 0.0735. The van der Waals surface area contributed by atoms with Crippen molar-refractivity contribution in [2.24, 2.45) is 5.16 Å². The number of hydrogen-bond donors (Lipinski definition) is 1. The zero-order valence-corrected chi connectivity index (χ0v) is 11.6. The highest BCUT2D eigenvalue weighted by molar-refractivity contribution is 6.36. The fourth-order valence-corrected chi connectivity index (χ4v) is 1.99. The molecule has 2 aromatic carbocycles. The Bertz CT molecular complexity index is 654. The molecule has 0 bridgehead atoms. The van der Waals surface area contributed by atoms with Crippen molar-refractivity contribution in [3.63, 3.8) is 0 Å². The Morgan fingerprint density at radius 3 is 2.45 bits per heavy atom. The maximum absolute atomic E-state index is 11.9. The molecule has 0 saturated carbocycles. The van der Waals surface area contributed by atoms with Gasteiger partial charge in [-0.05, 0) is 48.0 Å². The molecule has 0 heterocycles. The van der Waals surface area contributed by atoms with E-state index in [1.165, 1.54) is 18.3 Å². The monoisotopic (exact) mass is 309 g/mol. The quantitative estimate of drug-likeness (QED) is 0.306. The number of carbonyl (C=O) groups is 1. The maximum atomic E-state index is 11.9. The molecule has 0 aromatic heterocycles. The Hall–Kier alpha value is -2.04. The molecule has 2 rings (SSSR count). The lowest BCUT2D eigenvalue weighted by atomic mass is 10.2. The Labute approximate surface area is 125 Å². The summed E-state index contributed by atoms with van der Waals surface area (Å²) in [5.74, 6) is -0.216. The third kappa shape index (κ3) is 3.50. The van der Waals surface area contributed by atoms with Crippen LogP contribution >= 0.6 is 23.2 Å². The Balaban J connectivity index is 2.14. The molecule has 0 radical (unpaired) electrons. The van der Waals surface area contributed by atoms with Crippen molar-refractivity contribution in [1.29, 1.82) is 0 Å². The van der Waals surface area contributed by atoms with Crippen molar-refractivity contribution in [3.05, 3.63) is 63.6 Å². The van der Waals surface area contributed by atoms with E-state index in [1.807, 2.05) is 0 Å². The van der Waals surface area contributed by atoms with Crippen LogP contribution in [-0.4, -0.2) is 17.4 Å². The van der Waals surface area contributed by atoms with Gasteiger partial charge in [0.1, 0.15) is 5.75 Å². The zero-order chi connectivity index (χ0) is 14.5. The molecule has 0 saturated heterocycles. The molecule has 0 unspecified atom stereocenters. The minimum absolute atomic E-state index is 0.228. The number of rotatable bonds is 3. The molecular formula is C14H9Cl2NO3. The predicted molar refractivity (Wildman–Crippen MR) is 77.2 cm³/mol. The first-order valence-corrected chi connectivity index (χ1v) is 6.30. The lowest BCUT2D eigenvalue weighted by Crippen LogP contribution is -2.09. The lowest BCUT2D eigenvalue weighted by Gasteiger charge is -2.06. The first-order chi connectivity index (χ1) is 9.60. The second-order valence-electron chi connectivity index (χ2n) is 3.83. The van der Waals surface area contributed by atoms with Gasteiger partial charge in [0.25, 0.3) is 0 Å². The third-order valence-corrected chi connectivity index (χ3v) is 3.00. The largest absolute Gasteiger partial charge is 0.423 e. The average Bonchev–Trinajstić information content (AvgIpc) is 2.41. The summed E-state index contributed by atoms with van der Waals surface area (Å²) in [6, 6.07) is 11.0. The number of halogens is 2. The van der Waals surface area contributed by atoms with E-state index in [0.29, 0.717) is 16.3 Å². The van der Waals surface area contributed by atoms with Gasteiger partial charge in [-0.2, -0.15) is 0 Å². The SMILES string of the molecule is O=C(Oc1ccc(/C=N\O)cc1)c1ccc(Cl)cc1Cl. The van der Waals surface area contributed by atoms with Gasteiger partial charge in [0, 0.05) is 5.02 Å². The third-order valence-electron chi connectivity index (χ3n) is 2.45. The second-order valence-corrected chi connectivity index (χ2v) is 4.67. The number of nitrogens with zero attached hydrogens (tertiary/aromatic N) is 1. The molecule has 0 aliphatic carbocycles. The molecule has 4 nitrogen and oxygen atoms in total. The molecule has 6 heteroatoms. The Morgan fingerprint density at radius 1 is 1.15 bits per heavy atom. The van der Waals surface area contributed by atoms with E-state index >= 15 is 0 Å². The summed E-state index contributed by atoms with van der Waals surface area (Å²) in [7, 11) is 0. The van der Waals surface area contributed by atoms with E-state index in [-0.39, 0.29) is 10.6 Å². The summed E-state index contributed by atoms with van der Waals surface area (Å²) in [5.41, 5.74) is 0.911. The summed E-state index contributed by atoms with van der Waals surface area (Å²) >= 11 is 11.7. The van der Waals surface area contributed by atoms with Gasteiger partial charge >= 0.3 is 5.97 Å². The first kappa shape index (κ1) is 14.4. The summed E-state index contributed by atoms with van der Waals surface area (Å²) < 4.78 is 5.18. The average molecular weight is 310 g/mol. The van der Waals surface area contributed by atoms with Gasteiger partial charge in [-0.1, -0.05) is 28.4 Å². The summed E-state index contributed by atoms with van der Waals surface area (Å²) in [6.07, 6.45) is 1.27. The normalized spacial score (nSPS) is 10.7. The number of hydrogen-bond acceptors (Lipinski definition) is 4. The molecule has 0 aliphatic heterocycles. The van der Waals surface area contributed by atoms with Crippen molar-refractivity contribution in [2.75, 3.05) is 0 Å². The van der Waals surface area contributed by atoms with E-state index in [1.54, 1.807) is 30.3 Å². The highest BCUT2D eigenvalue weighted by Crippen LogP contribution is 2.22. The van der Waals surface area contributed by atoms with Crippen LogP contribution in [-0.2, 0) is 0 Å². The molecule has 0 spiro atoms. The van der Waals surface area contributed by atoms with Crippen LogP contribution in [0.25, 0.3) is 0 Å². The number of ether oxygens (including phenoxy) is 1. The van der Waals surface area contributed by atoms with Gasteiger partial charge in [-0.3, -0.25) is 0 Å². The van der Waals surface area contributed by atoms with Crippen molar-refractivity contribution >= 4 is 35.4 Å². The molecule has 2 aromatic rings. The fraction of sp³-hybridized carbons (Fsp3) is 0. The van der Waals surface area contributed by atoms with Crippen LogP contribution in [0.2, 0.25) is 10.0 Å². The topological polar surface area (TPSA) is 58.9 Å². The molecule has 20 heavy (non-hydrogen) atoms. The minimum atomic E-state index is -0.574. The summed E-state index contributed by atoms with van der Waals surface area (Å²) in [4.78, 5) is 11.9. The fourth-order valence-electron chi connectivity index (χ4n) is 1.51. The van der Waals surface area contributed by atoms with Crippen molar-refractivity contribution in [1.82, 2.24) is 0 Å². The summed E-state index contributed by atoms with van der Waals surface area (Å²) in [5, 5.41) is 12.0. The van der Waals surface area contributed by atoms with Gasteiger partial charge in [0.15, 0.2) is 0 Å².